The van der Waals surface area contributed by atoms with Crippen LogP contribution in [0.5, 0.6) is 5.75 Å². The lowest BCUT2D eigenvalue weighted by molar-refractivity contribution is 0.0951. The molecular weight excluding hydrogens is 250 g/mol. The number of halogens is 1. The van der Waals surface area contributed by atoms with Gasteiger partial charge in [-0.1, -0.05) is 37.3 Å². The van der Waals surface area contributed by atoms with Crippen LogP contribution in [0.4, 0.5) is 0 Å². The average molecular weight is 268 g/mol. The first-order chi connectivity index (χ1) is 8.66. The van der Waals surface area contributed by atoms with E-state index in [1.54, 1.807) is 6.07 Å². The smallest absolute Gasteiger partial charge is 0.251 e. The minimum absolute atomic E-state index is 0.000766. The number of rotatable bonds is 4. The third-order valence-corrected chi connectivity index (χ3v) is 3.83. The monoisotopic (exact) mass is 267 g/mol. The van der Waals surface area contributed by atoms with Gasteiger partial charge in [0.1, 0.15) is 5.75 Å². The molecule has 0 spiro atoms. The van der Waals surface area contributed by atoms with Crippen molar-refractivity contribution < 1.29 is 9.90 Å². The van der Waals surface area contributed by atoms with Crippen LogP contribution in [-0.4, -0.2) is 17.6 Å². The molecule has 1 aliphatic carbocycles. The van der Waals surface area contributed by atoms with Crippen molar-refractivity contribution >= 4 is 17.5 Å². The maximum Gasteiger partial charge on any atom is 0.251 e. The predicted octanol–water partition coefficient (Wildman–Crippen LogP) is 3.36. The fourth-order valence-corrected chi connectivity index (χ4v) is 2.62. The Morgan fingerprint density at radius 1 is 1.39 bits per heavy atom. The number of benzene rings is 1. The Labute approximate surface area is 112 Å². The topological polar surface area (TPSA) is 49.3 Å². The van der Waals surface area contributed by atoms with Gasteiger partial charge in [0.05, 0.1) is 5.02 Å². The molecule has 2 N–H and O–H groups in total. The summed E-state index contributed by atoms with van der Waals surface area (Å²) >= 11 is 5.77. The van der Waals surface area contributed by atoms with Crippen molar-refractivity contribution in [1.82, 2.24) is 5.32 Å². The highest BCUT2D eigenvalue weighted by Gasteiger charge is 2.15. The first kappa shape index (κ1) is 13.2. The fourth-order valence-electron chi connectivity index (χ4n) is 2.44. The van der Waals surface area contributed by atoms with Gasteiger partial charge >= 0.3 is 0 Å². The molecule has 1 amide bonds. The van der Waals surface area contributed by atoms with Crippen LogP contribution in [0.1, 0.15) is 42.5 Å². The maximum absolute atomic E-state index is 11.8. The molecule has 1 aromatic carbocycles. The largest absolute Gasteiger partial charge is 0.506 e. The third-order valence-electron chi connectivity index (χ3n) is 3.52. The molecule has 18 heavy (non-hydrogen) atoms. The second-order valence-corrected chi connectivity index (χ2v) is 5.27. The van der Waals surface area contributed by atoms with Gasteiger partial charge in [0.25, 0.3) is 5.91 Å². The average Bonchev–Trinajstić information content (AvgIpc) is 2.85. The fraction of sp³-hybridized carbons (Fsp3) is 0.500. The molecule has 0 unspecified atom stereocenters. The van der Waals surface area contributed by atoms with E-state index in [1.165, 1.54) is 37.8 Å². The van der Waals surface area contributed by atoms with Crippen LogP contribution in [0.3, 0.4) is 0 Å². The summed E-state index contributed by atoms with van der Waals surface area (Å²) in [6, 6.07) is 4.50. The Hall–Kier alpha value is -1.22. The van der Waals surface area contributed by atoms with E-state index in [-0.39, 0.29) is 16.7 Å². The normalized spacial score (nSPS) is 15.8. The molecule has 2 rings (SSSR count). The maximum atomic E-state index is 11.8. The molecule has 0 aromatic heterocycles. The first-order valence-electron chi connectivity index (χ1n) is 6.43. The van der Waals surface area contributed by atoms with Gasteiger partial charge in [0.2, 0.25) is 0 Å². The Balaban J connectivity index is 1.81. The molecule has 0 heterocycles. The number of hydrogen-bond donors (Lipinski definition) is 2. The minimum Gasteiger partial charge on any atom is -0.506 e. The van der Waals surface area contributed by atoms with Crippen molar-refractivity contribution in [3.63, 3.8) is 0 Å². The van der Waals surface area contributed by atoms with Gasteiger partial charge in [-0.2, -0.15) is 0 Å². The minimum atomic E-state index is -0.130. The van der Waals surface area contributed by atoms with E-state index in [0.29, 0.717) is 12.1 Å². The summed E-state index contributed by atoms with van der Waals surface area (Å²) in [4.78, 5) is 11.8. The van der Waals surface area contributed by atoms with Gasteiger partial charge in [-0.3, -0.25) is 4.79 Å². The first-order valence-corrected chi connectivity index (χ1v) is 6.81. The molecule has 0 radical (unpaired) electrons. The number of carbonyl (C=O) groups excluding carboxylic acids is 1. The van der Waals surface area contributed by atoms with E-state index < -0.39 is 0 Å². The zero-order valence-electron chi connectivity index (χ0n) is 10.3. The standard InChI is InChI=1S/C14H18ClNO2/c15-12-9-11(5-6-13(12)17)14(18)16-8-7-10-3-1-2-4-10/h5-6,9-10,17H,1-4,7-8H2,(H,16,18). The zero-order chi connectivity index (χ0) is 13.0. The predicted molar refractivity (Wildman–Crippen MR) is 72.0 cm³/mol. The number of hydrogen-bond acceptors (Lipinski definition) is 2. The Kier molecular flexibility index (Phi) is 4.48. The molecule has 0 saturated heterocycles. The highest BCUT2D eigenvalue weighted by molar-refractivity contribution is 6.32. The second-order valence-electron chi connectivity index (χ2n) is 4.86. The summed E-state index contributed by atoms with van der Waals surface area (Å²) in [6.07, 6.45) is 6.29. The third kappa shape index (κ3) is 3.39. The van der Waals surface area contributed by atoms with Crippen molar-refractivity contribution in [2.45, 2.75) is 32.1 Å². The molecule has 3 nitrogen and oxygen atoms in total. The summed E-state index contributed by atoms with van der Waals surface area (Å²) in [5, 5.41) is 12.4. The number of phenolic OH excluding ortho intramolecular Hbond substituents is 1. The van der Waals surface area contributed by atoms with Crippen molar-refractivity contribution in [3.8, 4) is 5.75 Å². The van der Waals surface area contributed by atoms with E-state index in [4.69, 9.17) is 11.6 Å². The highest BCUT2D eigenvalue weighted by atomic mass is 35.5. The van der Waals surface area contributed by atoms with Crippen molar-refractivity contribution in [1.29, 1.82) is 0 Å². The Morgan fingerprint density at radius 3 is 2.78 bits per heavy atom. The van der Waals surface area contributed by atoms with Crippen LogP contribution in [0.25, 0.3) is 0 Å². The number of nitrogens with one attached hydrogen (secondary N) is 1. The number of carbonyl (C=O) groups is 1. The molecule has 1 aromatic rings. The van der Waals surface area contributed by atoms with Crippen LogP contribution in [0.15, 0.2) is 18.2 Å². The van der Waals surface area contributed by atoms with Gasteiger partial charge in [0, 0.05) is 12.1 Å². The highest BCUT2D eigenvalue weighted by Crippen LogP contribution is 2.27. The van der Waals surface area contributed by atoms with E-state index in [2.05, 4.69) is 5.32 Å². The molecule has 4 heteroatoms. The second kappa shape index (κ2) is 6.10. The summed E-state index contributed by atoms with van der Waals surface area (Å²) in [5.74, 6) is 0.641. The number of amides is 1. The molecule has 1 fully saturated rings. The zero-order valence-corrected chi connectivity index (χ0v) is 11.0. The SMILES string of the molecule is O=C(NCCC1CCCC1)c1ccc(O)c(Cl)c1. The van der Waals surface area contributed by atoms with Gasteiger partial charge in [-0.25, -0.2) is 0 Å². The summed E-state index contributed by atoms with van der Waals surface area (Å²) < 4.78 is 0. The van der Waals surface area contributed by atoms with Gasteiger partial charge < -0.3 is 10.4 Å². The summed E-state index contributed by atoms with van der Waals surface area (Å²) in [5.41, 5.74) is 0.490. The number of aromatic hydroxyl groups is 1. The van der Waals surface area contributed by atoms with Crippen LogP contribution in [-0.2, 0) is 0 Å². The van der Waals surface area contributed by atoms with E-state index in [9.17, 15) is 9.90 Å². The lowest BCUT2D eigenvalue weighted by Crippen LogP contribution is -2.25. The van der Waals surface area contributed by atoms with Crippen LogP contribution >= 0.6 is 11.6 Å². The number of phenols is 1. The lowest BCUT2D eigenvalue weighted by atomic mass is 10.0. The molecular formula is C14H18ClNO2. The Morgan fingerprint density at radius 2 is 2.11 bits per heavy atom. The van der Waals surface area contributed by atoms with E-state index in [0.717, 1.165) is 12.3 Å². The summed E-state index contributed by atoms with van der Waals surface area (Å²) in [6.45, 7) is 0.710. The van der Waals surface area contributed by atoms with Crippen LogP contribution in [0, 0.1) is 5.92 Å². The quantitative estimate of drug-likeness (QED) is 0.879. The molecule has 1 saturated carbocycles. The van der Waals surface area contributed by atoms with Crippen LogP contribution in [0.2, 0.25) is 5.02 Å². The van der Waals surface area contributed by atoms with E-state index in [1.807, 2.05) is 0 Å². The Bertz CT molecular complexity index is 428. The van der Waals surface area contributed by atoms with Crippen LogP contribution < -0.4 is 5.32 Å². The molecule has 1 aliphatic rings. The van der Waals surface area contributed by atoms with Gasteiger partial charge in [-0.05, 0) is 30.5 Å². The van der Waals surface area contributed by atoms with Gasteiger partial charge in [0.15, 0.2) is 0 Å². The molecule has 98 valence electrons. The van der Waals surface area contributed by atoms with Crippen molar-refractivity contribution in [3.05, 3.63) is 28.8 Å². The van der Waals surface area contributed by atoms with Crippen molar-refractivity contribution in [2.75, 3.05) is 6.54 Å². The molecule has 0 bridgehead atoms. The summed E-state index contributed by atoms with van der Waals surface area (Å²) in [7, 11) is 0. The lowest BCUT2D eigenvalue weighted by Gasteiger charge is -2.10. The van der Waals surface area contributed by atoms with E-state index >= 15 is 0 Å². The van der Waals surface area contributed by atoms with Crippen molar-refractivity contribution in [2.24, 2.45) is 5.92 Å². The molecule has 0 atom stereocenters. The molecule has 0 aliphatic heterocycles. The van der Waals surface area contributed by atoms with Gasteiger partial charge in [-0.15, -0.1) is 0 Å².